The van der Waals surface area contributed by atoms with Crippen molar-refractivity contribution in [2.24, 2.45) is 0 Å². The Labute approximate surface area is 139 Å². The number of halogens is 1. The van der Waals surface area contributed by atoms with Gasteiger partial charge in [0.15, 0.2) is 5.69 Å². The molecule has 0 bridgehead atoms. The number of aliphatic carboxylic acids is 1. The molecule has 2 rings (SSSR count). The minimum absolute atomic E-state index is 0.0147. The van der Waals surface area contributed by atoms with Gasteiger partial charge < -0.3 is 19.6 Å². The van der Waals surface area contributed by atoms with E-state index in [1.165, 1.54) is 13.3 Å². The highest BCUT2D eigenvalue weighted by Crippen LogP contribution is 2.21. The van der Waals surface area contributed by atoms with Crippen LogP contribution in [0.4, 0.5) is 5.95 Å². The first-order valence-electron chi connectivity index (χ1n) is 7.30. The average Bonchev–Trinajstić information content (AvgIpc) is 3.05. The van der Waals surface area contributed by atoms with E-state index in [-0.39, 0.29) is 23.9 Å². The van der Waals surface area contributed by atoms with Crippen molar-refractivity contribution < 1.29 is 19.4 Å². The van der Waals surface area contributed by atoms with Crippen LogP contribution in [0.25, 0.3) is 0 Å². The van der Waals surface area contributed by atoms with Gasteiger partial charge in [0.1, 0.15) is 6.54 Å². The molecule has 1 aliphatic heterocycles. The van der Waals surface area contributed by atoms with Gasteiger partial charge in [0.2, 0.25) is 5.95 Å². The zero-order valence-corrected chi connectivity index (χ0v) is 13.6. The predicted octanol–water partition coefficient (Wildman–Crippen LogP) is 0.903. The molecule has 126 valence electrons. The summed E-state index contributed by atoms with van der Waals surface area (Å²) in [6.45, 7) is 1.58. The molecule has 1 aromatic heterocycles. The number of rotatable bonds is 7. The first-order valence-corrected chi connectivity index (χ1v) is 7.68. The molecule has 0 spiro atoms. The van der Waals surface area contributed by atoms with Crippen LogP contribution in [-0.2, 0) is 9.53 Å². The van der Waals surface area contributed by atoms with Gasteiger partial charge in [-0.2, -0.15) is 0 Å². The Morgan fingerprint density at radius 2 is 2.13 bits per heavy atom. The molecule has 1 amide bonds. The topological polar surface area (TPSA) is 95.9 Å². The van der Waals surface area contributed by atoms with Crippen LogP contribution in [0.1, 0.15) is 23.3 Å². The number of hydrogen-bond donors (Lipinski definition) is 1. The monoisotopic (exact) mass is 342 g/mol. The summed E-state index contributed by atoms with van der Waals surface area (Å²) in [6.07, 6.45) is 3.48. The van der Waals surface area contributed by atoms with Crippen LogP contribution < -0.4 is 4.90 Å². The quantitative estimate of drug-likeness (QED) is 0.786. The Bertz CT molecular complexity index is 578. The number of anilines is 1. The lowest BCUT2D eigenvalue weighted by atomic mass is 10.3. The molecule has 0 aromatic carbocycles. The van der Waals surface area contributed by atoms with Crippen LogP contribution >= 0.6 is 11.6 Å². The molecule has 0 radical (unpaired) electrons. The van der Waals surface area contributed by atoms with Crippen molar-refractivity contribution >= 4 is 29.4 Å². The number of nitrogens with zero attached hydrogens (tertiary/aromatic N) is 4. The molecule has 1 aromatic rings. The largest absolute Gasteiger partial charge is 0.480 e. The third-order valence-corrected chi connectivity index (χ3v) is 3.78. The second-order valence-corrected chi connectivity index (χ2v) is 5.58. The fourth-order valence-corrected chi connectivity index (χ4v) is 2.52. The van der Waals surface area contributed by atoms with Crippen molar-refractivity contribution in [3.8, 4) is 0 Å². The number of carboxylic acids is 1. The molecule has 2 heterocycles. The van der Waals surface area contributed by atoms with E-state index in [2.05, 4.69) is 9.97 Å². The third kappa shape index (κ3) is 4.52. The van der Waals surface area contributed by atoms with E-state index >= 15 is 0 Å². The zero-order valence-electron chi connectivity index (χ0n) is 12.9. The minimum Gasteiger partial charge on any atom is -0.480 e. The summed E-state index contributed by atoms with van der Waals surface area (Å²) in [5.41, 5.74) is 0.0147. The molecule has 1 aliphatic rings. The zero-order chi connectivity index (χ0) is 16.8. The summed E-state index contributed by atoms with van der Waals surface area (Å²) in [5.74, 6) is -1.21. The highest BCUT2D eigenvalue weighted by Gasteiger charge is 2.24. The number of carboxylic acid groups (broad SMARTS) is 1. The van der Waals surface area contributed by atoms with Crippen LogP contribution in [0.2, 0.25) is 5.02 Å². The van der Waals surface area contributed by atoms with E-state index in [0.717, 1.165) is 30.8 Å². The fraction of sp³-hybridized carbons (Fsp3) is 0.571. The summed E-state index contributed by atoms with van der Waals surface area (Å²) in [5, 5.41) is 9.07. The maximum Gasteiger partial charge on any atom is 0.323 e. The van der Waals surface area contributed by atoms with Crippen molar-refractivity contribution in [3.63, 3.8) is 0 Å². The van der Waals surface area contributed by atoms with E-state index in [0.29, 0.717) is 5.95 Å². The van der Waals surface area contributed by atoms with Gasteiger partial charge in [0.05, 0.1) is 17.8 Å². The van der Waals surface area contributed by atoms with Crippen molar-refractivity contribution in [1.82, 2.24) is 14.9 Å². The Balaban J connectivity index is 2.23. The maximum atomic E-state index is 12.6. The SMILES string of the molecule is COCCN(CC(=O)O)C(=O)c1nc(N2CCCC2)ncc1Cl. The smallest absolute Gasteiger partial charge is 0.323 e. The second-order valence-electron chi connectivity index (χ2n) is 5.17. The Kier molecular flexibility index (Phi) is 6.12. The van der Waals surface area contributed by atoms with Crippen LogP contribution in [0, 0.1) is 0 Å². The summed E-state index contributed by atoms with van der Waals surface area (Å²) in [6, 6.07) is 0. The van der Waals surface area contributed by atoms with E-state index in [1.54, 1.807) is 0 Å². The van der Waals surface area contributed by atoms with Gasteiger partial charge >= 0.3 is 5.97 Å². The Morgan fingerprint density at radius 3 is 2.74 bits per heavy atom. The van der Waals surface area contributed by atoms with Gasteiger partial charge in [-0.25, -0.2) is 9.97 Å². The van der Waals surface area contributed by atoms with Crippen LogP contribution in [-0.4, -0.2) is 71.7 Å². The molecule has 0 saturated carbocycles. The van der Waals surface area contributed by atoms with Crippen LogP contribution in [0.15, 0.2) is 6.20 Å². The third-order valence-electron chi connectivity index (χ3n) is 3.50. The summed E-state index contributed by atoms with van der Waals surface area (Å²) in [4.78, 5) is 35.1. The second kappa shape index (κ2) is 8.07. The molecule has 0 atom stereocenters. The number of amides is 1. The van der Waals surface area contributed by atoms with Crippen molar-refractivity contribution in [2.45, 2.75) is 12.8 Å². The number of methoxy groups -OCH3 is 1. The van der Waals surface area contributed by atoms with Gasteiger partial charge in [0, 0.05) is 26.7 Å². The van der Waals surface area contributed by atoms with E-state index < -0.39 is 18.4 Å². The minimum atomic E-state index is -1.11. The van der Waals surface area contributed by atoms with E-state index in [4.69, 9.17) is 21.4 Å². The molecule has 1 saturated heterocycles. The molecule has 23 heavy (non-hydrogen) atoms. The number of ether oxygens (including phenoxy) is 1. The van der Waals surface area contributed by atoms with Crippen molar-refractivity contribution in [2.75, 3.05) is 44.8 Å². The van der Waals surface area contributed by atoms with Crippen LogP contribution in [0.3, 0.4) is 0 Å². The maximum absolute atomic E-state index is 12.6. The summed E-state index contributed by atoms with van der Waals surface area (Å²) < 4.78 is 4.91. The first-order chi connectivity index (χ1) is 11.0. The van der Waals surface area contributed by atoms with Gasteiger partial charge in [0.25, 0.3) is 5.91 Å². The molecular weight excluding hydrogens is 324 g/mol. The average molecular weight is 343 g/mol. The summed E-state index contributed by atoms with van der Waals surface area (Å²) in [7, 11) is 1.48. The molecule has 8 nitrogen and oxygen atoms in total. The first kappa shape index (κ1) is 17.4. The van der Waals surface area contributed by atoms with Crippen molar-refractivity contribution in [3.05, 3.63) is 16.9 Å². The van der Waals surface area contributed by atoms with Crippen LogP contribution in [0.5, 0.6) is 0 Å². The molecule has 9 heteroatoms. The molecular formula is C14H19ClN4O4. The number of carbonyl (C=O) groups excluding carboxylic acids is 1. The molecule has 0 unspecified atom stereocenters. The molecule has 0 aliphatic carbocycles. The van der Waals surface area contributed by atoms with Gasteiger partial charge in [-0.3, -0.25) is 9.59 Å². The highest BCUT2D eigenvalue weighted by molar-refractivity contribution is 6.33. The Hall–Kier alpha value is -1.93. The number of hydrogen-bond acceptors (Lipinski definition) is 6. The Morgan fingerprint density at radius 1 is 1.43 bits per heavy atom. The normalized spacial score (nSPS) is 14.1. The summed E-state index contributed by atoms with van der Waals surface area (Å²) >= 11 is 6.04. The fourth-order valence-electron chi connectivity index (χ4n) is 2.34. The molecule has 1 fully saturated rings. The lowest BCUT2D eigenvalue weighted by Gasteiger charge is -2.21. The van der Waals surface area contributed by atoms with Crippen molar-refractivity contribution in [1.29, 1.82) is 0 Å². The van der Waals surface area contributed by atoms with Gasteiger partial charge in [-0.05, 0) is 12.8 Å². The predicted molar refractivity (Wildman–Crippen MR) is 83.9 cm³/mol. The number of aromatic nitrogens is 2. The van der Waals surface area contributed by atoms with Gasteiger partial charge in [-0.1, -0.05) is 11.6 Å². The number of carbonyl (C=O) groups is 2. The lowest BCUT2D eigenvalue weighted by Crippen LogP contribution is -2.38. The van der Waals surface area contributed by atoms with E-state index in [1.807, 2.05) is 4.90 Å². The standard InChI is InChI=1S/C14H19ClN4O4/c1-23-7-6-19(9-11(20)21)13(22)12-10(15)8-16-14(17-12)18-4-2-3-5-18/h8H,2-7,9H2,1H3,(H,20,21). The highest BCUT2D eigenvalue weighted by atomic mass is 35.5. The van der Waals surface area contributed by atoms with E-state index in [9.17, 15) is 9.59 Å². The lowest BCUT2D eigenvalue weighted by molar-refractivity contribution is -0.137. The molecule has 1 N–H and O–H groups in total. The van der Waals surface area contributed by atoms with Gasteiger partial charge in [-0.15, -0.1) is 0 Å².